The fourth-order valence-corrected chi connectivity index (χ4v) is 7.13. The van der Waals surface area contributed by atoms with Gasteiger partial charge in [-0.15, -0.1) is 0 Å². The molecule has 1 aliphatic carbocycles. The van der Waals surface area contributed by atoms with Gasteiger partial charge in [0.1, 0.15) is 16.7 Å². The number of aliphatic hydroxyl groups excluding tert-OH is 1. The maximum absolute atomic E-state index is 13.7. The number of benzene rings is 2. The molecule has 0 spiro atoms. The number of aliphatic hydroxyl groups is 1. The van der Waals surface area contributed by atoms with E-state index < -0.39 is 28.1 Å². The molecule has 2 aliphatic rings. The minimum atomic E-state index is -3.93. The number of hydrogen-bond donors (Lipinski definition) is 2. The summed E-state index contributed by atoms with van der Waals surface area (Å²) >= 11 is 0. The molecule has 1 fully saturated rings. The summed E-state index contributed by atoms with van der Waals surface area (Å²) < 4.78 is 35.2. The largest absolute Gasteiger partial charge is 0.487 e. The van der Waals surface area contributed by atoms with Crippen LogP contribution in [0.4, 0.5) is 0 Å². The quantitative estimate of drug-likeness (QED) is 0.501. The average Bonchev–Trinajstić information content (AvgIpc) is 3.43. The molecule has 0 aromatic heterocycles. The van der Waals surface area contributed by atoms with Gasteiger partial charge in [-0.3, -0.25) is 4.90 Å². The van der Waals surface area contributed by atoms with Crippen molar-refractivity contribution in [2.45, 2.75) is 63.1 Å². The molecule has 0 saturated heterocycles. The van der Waals surface area contributed by atoms with Crippen molar-refractivity contribution >= 4 is 16.0 Å². The number of rotatable bonds is 7. The zero-order valence-electron chi connectivity index (χ0n) is 22.8. The average molecular weight is 555 g/mol. The Morgan fingerprint density at radius 2 is 1.92 bits per heavy atom. The van der Waals surface area contributed by atoms with Crippen LogP contribution in [0.15, 0.2) is 47.4 Å². The van der Waals surface area contributed by atoms with Crippen molar-refractivity contribution in [3.8, 4) is 17.6 Å². The fraction of sp³-hybridized carbons (Fsp3) is 0.500. The van der Waals surface area contributed by atoms with E-state index in [4.69, 9.17) is 4.74 Å². The second-order valence-corrected chi connectivity index (χ2v) is 12.7. The van der Waals surface area contributed by atoms with Crippen LogP contribution in [0.1, 0.15) is 61.0 Å². The van der Waals surface area contributed by atoms with Crippen LogP contribution in [0.25, 0.3) is 0 Å². The van der Waals surface area contributed by atoms with Crippen molar-refractivity contribution in [2.24, 2.45) is 11.8 Å². The summed E-state index contributed by atoms with van der Waals surface area (Å²) in [6.45, 7) is 4.33. The van der Waals surface area contributed by atoms with E-state index in [9.17, 15) is 23.4 Å². The number of carbonyl (C=O) groups is 1. The van der Waals surface area contributed by atoms with Crippen molar-refractivity contribution in [3.05, 3.63) is 59.2 Å². The topological polar surface area (TPSA) is 107 Å². The SMILES string of the molecule is C[C@H]1CN([C@@H](C)CO)S(=O)(=O)c2ccc(C#CC3CCCC3)cc2O[C@H]1CN(C)Cc1ccccc1C(=O)O. The molecule has 1 aliphatic heterocycles. The molecule has 0 bridgehead atoms. The molecule has 2 N–H and O–H groups in total. The van der Waals surface area contributed by atoms with Crippen LogP contribution >= 0.6 is 0 Å². The highest BCUT2D eigenvalue weighted by Crippen LogP contribution is 2.34. The van der Waals surface area contributed by atoms with Gasteiger partial charge in [0.25, 0.3) is 0 Å². The number of fused-ring (bicyclic) bond motifs is 1. The molecule has 1 heterocycles. The van der Waals surface area contributed by atoms with E-state index in [0.29, 0.717) is 30.1 Å². The molecule has 0 radical (unpaired) electrons. The van der Waals surface area contributed by atoms with Crippen LogP contribution in [0, 0.1) is 23.7 Å². The third kappa shape index (κ3) is 6.82. The molecule has 0 amide bonds. The van der Waals surface area contributed by atoms with Crippen LogP contribution in [-0.4, -0.2) is 72.7 Å². The first-order valence-corrected chi connectivity index (χ1v) is 15.0. The molecular formula is C30H38N2O6S. The summed E-state index contributed by atoms with van der Waals surface area (Å²) in [6, 6.07) is 11.3. The maximum Gasteiger partial charge on any atom is 0.336 e. The number of sulfonamides is 1. The second-order valence-electron chi connectivity index (χ2n) is 10.8. The highest BCUT2D eigenvalue weighted by molar-refractivity contribution is 7.89. The van der Waals surface area contributed by atoms with Gasteiger partial charge in [-0.25, -0.2) is 13.2 Å². The van der Waals surface area contributed by atoms with E-state index in [1.807, 2.05) is 24.9 Å². The van der Waals surface area contributed by atoms with Crippen molar-refractivity contribution in [2.75, 3.05) is 26.7 Å². The highest BCUT2D eigenvalue weighted by Gasteiger charge is 2.38. The lowest BCUT2D eigenvalue weighted by atomic mass is 10.0. The van der Waals surface area contributed by atoms with E-state index in [1.165, 1.54) is 17.1 Å². The molecule has 210 valence electrons. The zero-order valence-corrected chi connectivity index (χ0v) is 23.7. The molecule has 8 nitrogen and oxygen atoms in total. The minimum Gasteiger partial charge on any atom is -0.487 e. The number of carboxylic acids is 1. The molecule has 2 aromatic rings. The van der Waals surface area contributed by atoms with Crippen molar-refractivity contribution < 1.29 is 28.2 Å². The normalized spacial score (nSPS) is 22.2. The first kappa shape index (κ1) is 29.1. The molecule has 4 rings (SSSR count). The van der Waals surface area contributed by atoms with E-state index in [2.05, 4.69) is 11.8 Å². The lowest BCUT2D eigenvalue weighted by Crippen LogP contribution is -2.49. The number of likely N-dealkylation sites (N-methyl/N-ethyl adjacent to an activating group) is 1. The molecule has 2 aromatic carbocycles. The van der Waals surface area contributed by atoms with Gasteiger partial charge in [-0.2, -0.15) is 4.31 Å². The van der Waals surface area contributed by atoms with Gasteiger partial charge in [0.2, 0.25) is 10.0 Å². The van der Waals surface area contributed by atoms with Crippen LogP contribution in [0.5, 0.6) is 5.75 Å². The maximum atomic E-state index is 13.7. The molecule has 39 heavy (non-hydrogen) atoms. The van der Waals surface area contributed by atoms with E-state index in [1.54, 1.807) is 43.3 Å². The van der Waals surface area contributed by atoms with Gasteiger partial charge in [-0.1, -0.05) is 49.8 Å². The van der Waals surface area contributed by atoms with E-state index in [0.717, 1.165) is 12.8 Å². The van der Waals surface area contributed by atoms with Gasteiger partial charge in [0.15, 0.2) is 0 Å². The van der Waals surface area contributed by atoms with Crippen LogP contribution in [-0.2, 0) is 16.6 Å². The summed E-state index contributed by atoms with van der Waals surface area (Å²) in [4.78, 5) is 13.7. The number of ether oxygens (including phenoxy) is 1. The van der Waals surface area contributed by atoms with Gasteiger partial charge >= 0.3 is 5.97 Å². The molecule has 3 atom stereocenters. The predicted octanol–water partition coefficient (Wildman–Crippen LogP) is 3.83. The van der Waals surface area contributed by atoms with Crippen molar-refractivity contribution in [1.29, 1.82) is 0 Å². The lowest BCUT2D eigenvalue weighted by molar-refractivity contribution is 0.0686. The summed E-state index contributed by atoms with van der Waals surface area (Å²) in [5.41, 5.74) is 1.64. The third-order valence-corrected chi connectivity index (χ3v) is 9.64. The fourth-order valence-electron chi connectivity index (χ4n) is 5.31. The summed E-state index contributed by atoms with van der Waals surface area (Å²) in [7, 11) is -2.04. The number of carboxylic acid groups (broad SMARTS) is 1. The Morgan fingerprint density at radius 1 is 1.21 bits per heavy atom. The first-order chi connectivity index (χ1) is 18.6. The Hall–Kier alpha value is -2.90. The summed E-state index contributed by atoms with van der Waals surface area (Å²) in [5.74, 6) is 5.97. The predicted molar refractivity (Wildman–Crippen MR) is 149 cm³/mol. The monoisotopic (exact) mass is 554 g/mol. The molecule has 0 unspecified atom stereocenters. The number of aromatic carboxylic acids is 1. The highest BCUT2D eigenvalue weighted by atomic mass is 32.2. The molecule has 9 heteroatoms. The smallest absolute Gasteiger partial charge is 0.336 e. The second kappa shape index (κ2) is 12.5. The third-order valence-electron chi connectivity index (χ3n) is 7.62. The van der Waals surface area contributed by atoms with Crippen LogP contribution in [0.3, 0.4) is 0 Å². The summed E-state index contributed by atoms with van der Waals surface area (Å²) in [6.07, 6.45) is 4.16. The Kier molecular flexibility index (Phi) is 9.34. The van der Waals surface area contributed by atoms with Gasteiger partial charge < -0.3 is 14.9 Å². The Bertz CT molecular complexity index is 1340. The Balaban J connectivity index is 1.66. The first-order valence-electron chi connectivity index (χ1n) is 13.5. The Labute approximate surface area is 231 Å². The lowest BCUT2D eigenvalue weighted by Gasteiger charge is -2.37. The summed E-state index contributed by atoms with van der Waals surface area (Å²) in [5, 5.41) is 19.4. The molecule has 1 saturated carbocycles. The van der Waals surface area contributed by atoms with Gasteiger partial charge in [0, 0.05) is 43.1 Å². The van der Waals surface area contributed by atoms with Crippen molar-refractivity contribution in [1.82, 2.24) is 9.21 Å². The van der Waals surface area contributed by atoms with Crippen LogP contribution in [0.2, 0.25) is 0 Å². The van der Waals surface area contributed by atoms with E-state index >= 15 is 0 Å². The molecular weight excluding hydrogens is 516 g/mol. The van der Waals surface area contributed by atoms with E-state index in [-0.39, 0.29) is 35.3 Å². The zero-order chi connectivity index (χ0) is 28.2. The number of nitrogens with zero attached hydrogens (tertiary/aromatic N) is 2. The van der Waals surface area contributed by atoms with Crippen molar-refractivity contribution in [3.63, 3.8) is 0 Å². The van der Waals surface area contributed by atoms with Crippen LogP contribution < -0.4 is 4.74 Å². The Morgan fingerprint density at radius 3 is 2.62 bits per heavy atom. The van der Waals surface area contributed by atoms with Gasteiger partial charge in [-0.05, 0) is 56.6 Å². The standard InChI is InChI=1S/C30H38N2O6S/c1-21-17-32(22(2)20-33)39(36,37)29-15-14-24(13-12-23-8-4-5-9-23)16-27(29)38-28(21)19-31(3)18-25-10-6-7-11-26(25)30(34)35/h6-7,10-11,14-16,21-23,28,33H,4-5,8-9,17-20H2,1-3H3,(H,34,35)/t21-,22-,28-/m0/s1. The minimum absolute atomic E-state index is 0.0602. The van der Waals surface area contributed by atoms with Gasteiger partial charge in [0.05, 0.1) is 12.2 Å². The number of hydrogen-bond acceptors (Lipinski definition) is 6.